The van der Waals surface area contributed by atoms with Crippen LogP contribution in [-0.4, -0.2) is 6.04 Å². The van der Waals surface area contributed by atoms with Gasteiger partial charge >= 0.3 is 0 Å². The third-order valence-corrected chi connectivity index (χ3v) is 2.33. The van der Waals surface area contributed by atoms with Crippen molar-refractivity contribution in [3.63, 3.8) is 0 Å². The summed E-state index contributed by atoms with van der Waals surface area (Å²) < 4.78 is 64.8. The van der Waals surface area contributed by atoms with Crippen LogP contribution in [0, 0.1) is 29.1 Å². The largest absolute Gasteiger partial charge is 0.324 e. The molecule has 0 amide bonds. The van der Waals surface area contributed by atoms with Gasteiger partial charge in [0.2, 0.25) is 5.82 Å². The zero-order chi connectivity index (χ0) is 13.3. The van der Waals surface area contributed by atoms with Crippen LogP contribution in [-0.2, 0) is 0 Å². The summed E-state index contributed by atoms with van der Waals surface area (Å²) >= 11 is 0. The molecule has 17 heavy (non-hydrogen) atoms. The van der Waals surface area contributed by atoms with Gasteiger partial charge in [0.15, 0.2) is 23.3 Å². The van der Waals surface area contributed by atoms with Crippen molar-refractivity contribution in [2.75, 3.05) is 0 Å². The maximum atomic E-state index is 13.2. The highest BCUT2D eigenvalue weighted by Gasteiger charge is 2.24. The number of nitrogens with two attached hydrogens (primary N) is 1. The molecule has 1 aromatic carbocycles. The Labute approximate surface area is 94.7 Å². The smallest absolute Gasteiger partial charge is 0.200 e. The Morgan fingerprint density at radius 1 is 0.941 bits per heavy atom. The quantitative estimate of drug-likeness (QED) is 0.487. The lowest BCUT2D eigenvalue weighted by Crippen LogP contribution is -2.16. The molecule has 0 spiro atoms. The third-order valence-electron chi connectivity index (χ3n) is 2.33. The molecule has 1 unspecified atom stereocenters. The summed E-state index contributed by atoms with van der Waals surface area (Å²) in [5.74, 6) is -9.82. The van der Waals surface area contributed by atoms with Gasteiger partial charge in [-0.2, -0.15) is 0 Å². The molecule has 0 fully saturated rings. The molecule has 0 saturated carbocycles. The molecule has 1 aromatic rings. The van der Waals surface area contributed by atoms with Crippen LogP contribution in [0.25, 0.3) is 6.08 Å². The van der Waals surface area contributed by atoms with Crippen LogP contribution in [0.15, 0.2) is 5.57 Å². The Morgan fingerprint density at radius 2 is 1.29 bits per heavy atom. The van der Waals surface area contributed by atoms with Gasteiger partial charge < -0.3 is 5.73 Å². The highest BCUT2D eigenvalue weighted by molar-refractivity contribution is 5.55. The van der Waals surface area contributed by atoms with Crippen LogP contribution in [0.2, 0.25) is 0 Å². The van der Waals surface area contributed by atoms with E-state index in [-0.39, 0.29) is 0 Å². The van der Waals surface area contributed by atoms with Crippen LogP contribution in [0.3, 0.4) is 0 Å². The molecular weight excluding hydrogens is 241 g/mol. The number of hydrogen-bond donors (Lipinski definition) is 1. The minimum absolute atomic E-state index is 0.299. The second-order valence-corrected chi connectivity index (χ2v) is 3.66. The van der Waals surface area contributed by atoms with E-state index < -0.39 is 40.7 Å². The number of halogens is 5. The van der Waals surface area contributed by atoms with Crippen molar-refractivity contribution in [1.82, 2.24) is 0 Å². The predicted octanol–water partition coefficient (Wildman–Crippen LogP) is 3.13. The van der Waals surface area contributed by atoms with Crippen molar-refractivity contribution in [3.05, 3.63) is 40.2 Å². The van der Waals surface area contributed by atoms with Crippen LogP contribution >= 0.6 is 0 Å². The second-order valence-electron chi connectivity index (χ2n) is 3.66. The topological polar surface area (TPSA) is 26.0 Å². The minimum atomic E-state index is -2.17. The summed E-state index contributed by atoms with van der Waals surface area (Å²) in [6.45, 7) is 2.96. The molecule has 0 aliphatic carbocycles. The van der Waals surface area contributed by atoms with Crippen LogP contribution < -0.4 is 5.73 Å². The molecule has 2 N–H and O–H groups in total. The molecule has 1 nitrogen and oxygen atoms in total. The van der Waals surface area contributed by atoms with Crippen LogP contribution in [0.5, 0.6) is 0 Å². The average molecular weight is 251 g/mol. The Balaban J connectivity index is 3.50. The first-order valence-electron chi connectivity index (χ1n) is 4.72. The SMILES string of the molecule is CC(=Cc1c(F)c(F)c(F)c(F)c1F)C(C)N. The molecule has 0 aliphatic rings. The Bertz CT molecular complexity index is 450. The zero-order valence-electron chi connectivity index (χ0n) is 9.12. The predicted molar refractivity (Wildman–Crippen MR) is 53.5 cm³/mol. The Hall–Kier alpha value is -1.43. The van der Waals surface area contributed by atoms with E-state index in [1.54, 1.807) is 0 Å². The molecule has 0 saturated heterocycles. The van der Waals surface area contributed by atoms with E-state index in [1.807, 2.05) is 0 Å². The molecule has 1 atom stereocenters. The first-order valence-corrected chi connectivity index (χ1v) is 4.72. The number of rotatable bonds is 2. The van der Waals surface area contributed by atoms with Crippen molar-refractivity contribution in [2.24, 2.45) is 5.73 Å². The van der Waals surface area contributed by atoms with Gasteiger partial charge in [-0.05, 0) is 19.9 Å². The highest BCUT2D eigenvalue weighted by Crippen LogP contribution is 2.25. The first kappa shape index (κ1) is 13.6. The van der Waals surface area contributed by atoms with Crippen molar-refractivity contribution in [3.8, 4) is 0 Å². The maximum Gasteiger partial charge on any atom is 0.200 e. The lowest BCUT2D eigenvalue weighted by molar-refractivity contribution is 0.377. The normalized spacial score (nSPS) is 14.0. The van der Waals surface area contributed by atoms with Crippen molar-refractivity contribution >= 4 is 6.08 Å². The monoisotopic (exact) mass is 251 g/mol. The Kier molecular flexibility index (Phi) is 3.87. The van der Waals surface area contributed by atoms with Gasteiger partial charge in [0, 0.05) is 6.04 Å². The van der Waals surface area contributed by atoms with E-state index in [9.17, 15) is 22.0 Å². The summed E-state index contributed by atoms with van der Waals surface area (Å²) in [6.07, 6.45) is 0.848. The molecule has 0 aliphatic heterocycles. The number of hydrogen-bond acceptors (Lipinski definition) is 1. The number of benzene rings is 1. The second kappa shape index (κ2) is 4.83. The maximum absolute atomic E-state index is 13.2. The summed E-state index contributed by atoms with van der Waals surface area (Å²) in [6, 6.07) is -0.551. The average Bonchev–Trinajstić information content (AvgIpc) is 2.29. The highest BCUT2D eigenvalue weighted by atomic mass is 19.2. The fourth-order valence-corrected chi connectivity index (χ4v) is 1.11. The standard InChI is InChI=1S/C11H10F5N/c1-4(5(2)17)3-6-7(12)9(14)11(16)10(15)8(6)13/h3,5H,17H2,1-2H3. The molecule has 0 heterocycles. The van der Waals surface area contributed by atoms with Gasteiger partial charge in [0.1, 0.15) is 0 Å². The lowest BCUT2D eigenvalue weighted by atomic mass is 10.1. The molecule has 0 radical (unpaired) electrons. The van der Waals surface area contributed by atoms with Gasteiger partial charge in [-0.25, -0.2) is 22.0 Å². The van der Waals surface area contributed by atoms with Gasteiger partial charge in [-0.15, -0.1) is 0 Å². The summed E-state index contributed by atoms with van der Waals surface area (Å²) in [7, 11) is 0. The van der Waals surface area contributed by atoms with Crippen LogP contribution in [0.4, 0.5) is 22.0 Å². The molecule has 6 heteroatoms. The fourth-order valence-electron chi connectivity index (χ4n) is 1.11. The molecule has 94 valence electrons. The lowest BCUT2D eigenvalue weighted by Gasteiger charge is -2.08. The minimum Gasteiger partial charge on any atom is -0.324 e. The molecular formula is C11H10F5N. The van der Waals surface area contributed by atoms with E-state index in [0.29, 0.717) is 5.57 Å². The van der Waals surface area contributed by atoms with Gasteiger partial charge in [-0.3, -0.25) is 0 Å². The van der Waals surface area contributed by atoms with E-state index >= 15 is 0 Å². The van der Waals surface area contributed by atoms with E-state index in [0.717, 1.165) is 6.08 Å². The van der Waals surface area contributed by atoms with Crippen LogP contribution in [0.1, 0.15) is 19.4 Å². The van der Waals surface area contributed by atoms with Crippen molar-refractivity contribution in [1.29, 1.82) is 0 Å². The fraction of sp³-hybridized carbons (Fsp3) is 0.273. The van der Waals surface area contributed by atoms with E-state index in [1.165, 1.54) is 13.8 Å². The van der Waals surface area contributed by atoms with Gasteiger partial charge in [0.05, 0.1) is 5.56 Å². The summed E-state index contributed by atoms with van der Waals surface area (Å²) in [5, 5.41) is 0. The van der Waals surface area contributed by atoms with Crippen molar-refractivity contribution < 1.29 is 22.0 Å². The third kappa shape index (κ3) is 2.46. The van der Waals surface area contributed by atoms with Gasteiger partial charge in [0.25, 0.3) is 0 Å². The Morgan fingerprint density at radius 3 is 1.65 bits per heavy atom. The molecule has 0 bridgehead atoms. The van der Waals surface area contributed by atoms with E-state index in [2.05, 4.69) is 0 Å². The zero-order valence-corrected chi connectivity index (χ0v) is 9.12. The summed E-state index contributed by atoms with van der Waals surface area (Å²) in [5.41, 5.74) is 4.74. The molecule has 1 rings (SSSR count). The van der Waals surface area contributed by atoms with Gasteiger partial charge in [-0.1, -0.05) is 5.57 Å². The molecule has 0 aromatic heterocycles. The van der Waals surface area contributed by atoms with E-state index in [4.69, 9.17) is 5.73 Å². The van der Waals surface area contributed by atoms with Crippen molar-refractivity contribution in [2.45, 2.75) is 19.9 Å². The summed E-state index contributed by atoms with van der Waals surface area (Å²) in [4.78, 5) is 0. The first-order chi connectivity index (χ1) is 7.77.